The van der Waals surface area contributed by atoms with Crippen molar-refractivity contribution < 1.29 is 4.79 Å². The van der Waals surface area contributed by atoms with Crippen LogP contribution in [0.5, 0.6) is 0 Å². The maximum absolute atomic E-state index is 13.0. The third kappa shape index (κ3) is 3.12. The van der Waals surface area contributed by atoms with Crippen molar-refractivity contribution >= 4 is 37.8 Å². The molecule has 3 rings (SSSR count). The zero-order valence-corrected chi connectivity index (χ0v) is 17.0. The monoisotopic (exact) mass is 442 g/mol. The Labute approximate surface area is 155 Å². The van der Waals surface area contributed by atoms with Crippen LogP contribution in [0.3, 0.4) is 0 Å². The highest BCUT2D eigenvalue weighted by Gasteiger charge is 2.48. The average Bonchev–Trinajstić information content (AvgIpc) is 2.90. The summed E-state index contributed by atoms with van der Waals surface area (Å²) in [7, 11) is 4.22. The normalized spacial score (nSPS) is 28.3. The van der Waals surface area contributed by atoms with Crippen molar-refractivity contribution in [2.24, 2.45) is 0 Å². The van der Waals surface area contributed by atoms with Gasteiger partial charge in [0.25, 0.3) is 5.91 Å². The predicted octanol–water partition coefficient (Wildman–Crippen LogP) is 4.69. The molecule has 0 radical (unpaired) electrons. The first kappa shape index (κ1) is 17.4. The third-order valence-electron chi connectivity index (χ3n) is 5.78. The molecule has 126 valence electrons. The lowest BCUT2D eigenvalue weighted by Gasteiger charge is -2.49. The fourth-order valence-electron chi connectivity index (χ4n) is 4.51. The molecule has 23 heavy (non-hydrogen) atoms. The van der Waals surface area contributed by atoms with Crippen LogP contribution in [-0.2, 0) is 0 Å². The minimum absolute atomic E-state index is 0.129. The molecule has 1 aliphatic heterocycles. The second-order valence-electron chi connectivity index (χ2n) is 6.94. The van der Waals surface area contributed by atoms with Gasteiger partial charge in [0.2, 0.25) is 0 Å². The number of carbonyl (C=O) groups excluding carboxylic acids is 1. The molecule has 1 aromatic rings. The smallest absolute Gasteiger partial charge is 0.253 e. The van der Waals surface area contributed by atoms with Crippen molar-refractivity contribution in [3.63, 3.8) is 0 Å². The van der Waals surface area contributed by atoms with Gasteiger partial charge in [-0.15, -0.1) is 0 Å². The lowest BCUT2D eigenvalue weighted by molar-refractivity contribution is 0.0158. The van der Waals surface area contributed by atoms with Crippen molar-refractivity contribution in [2.75, 3.05) is 20.6 Å². The van der Waals surface area contributed by atoms with Crippen molar-refractivity contribution in [3.05, 3.63) is 32.7 Å². The lowest BCUT2D eigenvalue weighted by Crippen LogP contribution is -2.60. The van der Waals surface area contributed by atoms with Gasteiger partial charge in [0.15, 0.2) is 0 Å². The van der Waals surface area contributed by atoms with Gasteiger partial charge in [0.1, 0.15) is 0 Å². The molecule has 1 amide bonds. The topological polar surface area (TPSA) is 23.6 Å². The van der Waals surface area contributed by atoms with Gasteiger partial charge in [0.05, 0.1) is 6.04 Å². The molecule has 5 heteroatoms. The number of nitrogens with zero attached hydrogens (tertiary/aromatic N) is 2. The van der Waals surface area contributed by atoms with E-state index in [1.54, 1.807) is 0 Å². The fraction of sp³-hybridized carbons (Fsp3) is 0.611. The molecule has 2 unspecified atom stereocenters. The maximum Gasteiger partial charge on any atom is 0.253 e. The van der Waals surface area contributed by atoms with Gasteiger partial charge >= 0.3 is 0 Å². The van der Waals surface area contributed by atoms with Gasteiger partial charge in [-0.1, -0.05) is 12.8 Å². The number of carbonyl (C=O) groups is 1. The summed E-state index contributed by atoms with van der Waals surface area (Å²) in [5.74, 6) is 0.129. The lowest BCUT2D eigenvalue weighted by atomic mass is 9.75. The molecule has 2 aliphatic rings. The summed E-state index contributed by atoms with van der Waals surface area (Å²) in [5, 5.41) is 0. The molecule has 0 aromatic heterocycles. The van der Waals surface area contributed by atoms with Crippen molar-refractivity contribution in [1.29, 1.82) is 0 Å². The van der Waals surface area contributed by atoms with Gasteiger partial charge in [-0.05, 0) is 89.3 Å². The molecule has 3 nitrogen and oxygen atoms in total. The molecule has 0 bridgehead atoms. The number of benzene rings is 1. The standard InChI is InChI=1S/C18H24Br2N2O/c1-21-11-5-10-18(21)9-4-3-6-16(18)22(2)17(23)13-7-8-14(19)15(20)12-13/h7-8,12,16H,3-6,9-11H2,1-2H3. The second-order valence-corrected chi connectivity index (χ2v) is 8.64. The van der Waals surface area contributed by atoms with Crippen LogP contribution in [0.4, 0.5) is 0 Å². The molecule has 2 atom stereocenters. The van der Waals surface area contributed by atoms with Crippen molar-refractivity contribution in [3.8, 4) is 0 Å². The summed E-state index contributed by atoms with van der Waals surface area (Å²) in [6.07, 6.45) is 7.31. The molecular weight excluding hydrogens is 420 g/mol. The number of halogens is 2. The number of hydrogen-bond acceptors (Lipinski definition) is 2. The van der Waals surface area contributed by atoms with E-state index < -0.39 is 0 Å². The highest BCUT2D eigenvalue weighted by Crippen LogP contribution is 2.43. The molecule has 1 aliphatic carbocycles. The van der Waals surface area contributed by atoms with Crippen molar-refractivity contribution in [1.82, 2.24) is 9.80 Å². The van der Waals surface area contributed by atoms with Crippen LogP contribution in [-0.4, -0.2) is 47.9 Å². The van der Waals surface area contributed by atoms with E-state index in [1.807, 2.05) is 30.1 Å². The summed E-state index contributed by atoms with van der Waals surface area (Å²) in [6.45, 7) is 1.16. The number of rotatable bonds is 2. The van der Waals surface area contributed by atoms with E-state index in [-0.39, 0.29) is 11.4 Å². The Hall–Kier alpha value is -0.390. The Morgan fingerprint density at radius 3 is 2.61 bits per heavy atom. The van der Waals surface area contributed by atoms with E-state index in [1.165, 1.54) is 32.1 Å². The Balaban J connectivity index is 1.86. The maximum atomic E-state index is 13.0. The van der Waals surface area contributed by atoms with E-state index in [9.17, 15) is 4.79 Å². The van der Waals surface area contributed by atoms with E-state index in [4.69, 9.17) is 0 Å². The summed E-state index contributed by atoms with van der Waals surface area (Å²) < 4.78 is 1.90. The Morgan fingerprint density at radius 1 is 1.22 bits per heavy atom. The highest BCUT2D eigenvalue weighted by atomic mass is 79.9. The minimum atomic E-state index is 0.129. The first-order valence-electron chi connectivity index (χ1n) is 8.39. The largest absolute Gasteiger partial charge is 0.337 e. The average molecular weight is 444 g/mol. The van der Waals surface area contributed by atoms with E-state index >= 15 is 0 Å². The zero-order valence-electron chi connectivity index (χ0n) is 13.8. The number of hydrogen-bond donors (Lipinski definition) is 0. The molecular formula is C18H24Br2N2O. The first-order valence-corrected chi connectivity index (χ1v) is 9.98. The van der Waals surface area contributed by atoms with E-state index in [2.05, 4.69) is 43.8 Å². The van der Waals surface area contributed by atoms with E-state index in [0.29, 0.717) is 6.04 Å². The Kier molecular flexibility index (Phi) is 5.19. The van der Waals surface area contributed by atoms with E-state index in [0.717, 1.165) is 27.5 Å². The zero-order chi connectivity index (χ0) is 16.6. The van der Waals surface area contributed by atoms with Crippen LogP contribution in [0.15, 0.2) is 27.1 Å². The second kappa shape index (κ2) is 6.85. The molecule has 1 heterocycles. The fourth-order valence-corrected chi connectivity index (χ4v) is 5.13. The van der Waals surface area contributed by atoms with Crippen LogP contribution in [0.25, 0.3) is 0 Å². The molecule has 1 aromatic carbocycles. The SMILES string of the molecule is CN(C(=O)c1ccc(Br)c(Br)c1)C1CCCCC12CCCN2C. The van der Waals surface area contributed by atoms with Crippen molar-refractivity contribution in [2.45, 2.75) is 50.1 Å². The minimum Gasteiger partial charge on any atom is -0.337 e. The highest BCUT2D eigenvalue weighted by molar-refractivity contribution is 9.13. The van der Waals surface area contributed by atoms with Gasteiger partial charge in [0, 0.05) is 27.1 Å². The molecule has 1 saturated carbocycles. The third-order valence-corrected chi connectivity index (χ3v) is 7.66. The van der Waals surface area contributed by atoms with Crippen LogP contribution in [0.2, 0.25) is 0 Å². The van der Waals surface area contributed by atoms with Gasteiger partial charge < -0.3 is 4.90 Å². The summed E-state index contributed by atoms with van der Waals surface area (Å²) in [5.41, 5.74) is 0.943. The van der Waals surface area contributed by atoms with Crippen LogP contribution < -0.4 is 0 Å². The summed E-state index contributed by atoms with van der Waals surface area (Å²) in [6, 6.07) is 6.07. The van der Waals surface area contributed by atoms with Gasteiger partial charge in [-0.25, -0.2) is 0 Å². The molecule has 1 saturated heterocycles. The van der Waals surface area contributed by atoms with Gasteiger partial charge in [-0.3, -0.25) is 9.69 Å². The predicted molar refractivity (Wildman–Crippen MR) is 101 cm³/mol. The number of likely N-dealkylation sites (N-methyl/N-ethyl adjacent to an activating group) is 2. The summed E-state index contributed by atoms with van der Waals surface area (Å²) >= 11 is 6.97. The summed E-state index contributed by atoms with van der Waals surface area (Å²) in [4.78, 5) is 17.5. The number of likely N-dealkylation sites (tertiary alicyclic amines) is 1. The van der Waals surface area contributed by atoms with Crippen LogP contribution >= 0.6 is 31.9 Å². The Morgan fingerprint density at radius 2 is 1.96 bits per heavy atom. The quantitative estimate of drug-likeness (QED) is 0.661. The Bertz CT molecular complexity index is 607. The number of amides is 1. The van der Waals surface area contributed by atoms with Crippen LogP contribution in [0, 0.1) is 0 Å². The molecule has 2 fully saturated rings. The van der Waals surface area contributed by atoms with Crippen LogP contribution in [0.1, 0.15) is 48.9 Å². The molecule has 1 spiro atoms. The molecule has 0 N–H and O–H groups in total. The van der Waals surface area contributed by atoms with Gasteiger partial charge in [-0.2, -0.15) is 0 Å². The first-order chi connectivity index (χ1) is 11.0.